The third kappa shape index (κ3) is 3.11. The van der Waals surface area contributed by atoms with Crippen LogP contribution in [0.5, 0.6) is 17.2 Å². The molecule has 1 aliphatic rings. The predicted molar refractivity (Wildman–Crippen MR) is 99.2 cm³/mol. The molecule has 0 aromatic heterocycles. The van der Waals surface area contributed by atoms with Crippen LogP contribution in [0, 0.1) is 0 Å². The highest BCUT2D eigenvalue weighted by atomic mass is 16.7. The fourth-order valence-corrected chi connectivity index (χ4v) is 3.50. The third-order valence-corrected chi connectivity index (χ3v) is 4.97. The molecule has 0 aliphatic carbocycles. The molecule has 1 aliphatic heterocycles. The van der Waals surface area contributed by atoms with E-state index in [2.05, 4.69) is 0 Å². The minimum Gasteiger partial charge on any atom is -0.508 e. The highest BCUT2D eigenvalue weighted by Gasteiger charge is 2.44. The molecule has 1 saturated heterocycles. The normalized spacial score (nSPS) is 27.9. The van der Waals surface area contributed by atoms with Crippen LogP contribution in [0.25, 0.3) is 21.5 Å². The lowest BCUT2D eigenvalue weighted by Gasteiger charge is -2.39. The molecular formula is C20H20O8. The smallest absolute Gasteiger partial charge is 0.229 e. The molecule has 0 saturated carbocycles. The lowest BCUT2D eigenvalue weighted by atomic mass is 9.99. The number of ether oxygens (including phenoxy) is 2. The highest BCUT2D eigenvalue weighted by Crippen LogP contribution is 2.37. The molecule has 8 heteroatoms. The Kier molecular flexibility index (Phi) is 4.74. The summed E-state index contributed by atoms with van der Waals surface area (Å²) in [4.78, 5) is 0. The summed E-state index contributed by atoms with van der Waals surface area (Å²) in [7, 11) is 0. The maximum absolute atomic E-state index is 10.5. The van der Waals surface area contributed by atoms with E-state index in [0.717, 1.165) is 5.39 Å². The number of phenols is 2. The zero-order valence-corrected chi connectivity index (χ0v) is 14.6. The van der Waals surface area contributed by atoms with Crippen molar-refractivity contribution in [3.05, 3.63) is 42.5 Å². The Morgan fingerprint density at radius 3 is 2.32 bits per heavy atom. The second kappa shape index (κ2) is 7.08. The fourth-order valence-electron chi connectivity index (χ4n) is 3.50. The number of hydrogen-bond acceptors (Lipinski definition) is 8. The van der Waals surface area contributed by atoms with Gasteiger partial charge in [0.1, 0.15) is 41.7 Å². The summed E-state index contributed by atoms with van der Waals surface area (Å²) >= 11 is 0. The number of aliphatic hydroxyl groups is 4. The van der Waals surface area contributed by atoms with Gasteiger partial charge in [0.2, 0.25) is 6.29 Å². The molecule has 0 radical (unpaired) electrons. The quantitative estimate of drug-likeness (QED) is 0.358. The van der Waals surface area contributed by atoms with Crippen molar-refractivity contribution in [2.24, 2.45) is 0 Å². The maximum Gasteiger partial charge on any atom is 0.229 e. The van der Waals surface area contributed by atoms with Crippen LogP contribution < -0.4 is 4.74 Å². The Labute approximate surface area is 159 Å². The topological polar surface area (TPSA) is 140 Å². The van der Waals surface area contributed by atoms with E-state index in [1.54, 1.807) is 30.3 Å². The van der Waals surface area contributed by atoms with Crippen molar-refractivity contribution in [1.82, 2.24) is 0 Å². The summed E-state index contributed by atoms with van der Waals surface area (Å²) in [5.74, 6) is 0.128. The van der Waals surface area contributed by atoms with E-state index in [0.29, 0.717) is 16.2 Å². The summed E-state index contributed by atoms with van der Waals surface area (Å²) in [5, 5.41) is 62.0. The molecule has 0 bridgehead atoms. The molecule has 148 valence electrons. The molecule has 5 atom stereocenters. The van der Waals surface area contributed by atoms with Crippen LogP contribution in [0.2, 0.25) is 0 Å². The molecule has 3 aromatic rings. The van der Waals surface area contributed by atoms with Crippen molar-refractivity contribution >= 4 is 21.5 Å². The van der Waals surface area contributed by atoms with E-state index in [-0.39, 0.29) is 17.2 Å². The number of phenolic OH excluding ortho intramolecular Hbond substituents is 2. The molecule has 28 heavy (non-hydrogen) atoms. The van der Waals surface area contributed by atoms with Crippen LogP contribution in [0.1, 0.15) is 0 Å². The molecule has 0 spiro atoms. The first-order valence-corrected chi connectivity index (χ1v) is 8.74. The number of benzene rings is 3. The SMILES string of the molecule is OCC1OC(Oc2cc(O)c3c(ccc4ccc(O)cc43)c2)C(O)C(O)C1O. The standard InChI is InChI=1S/C20H20O8/c21-8-15-17(24)18(25)19(26)20(28-15)27-12-5-10-2-1-9-3-4-11(22)6-13(9)16(10)14(23)7-12/h1-7,15,17-26H,8H2. The van der Waals surface area contributed by atoms with Gasteiger partial charge in [-0.25, -0.2) is 0 Å². The number of fused-ring (bicyclic) bond motifs is 3. The lowest BCUT2D eigenvalue weighted by Crippen LogP contribution is -2.60. The minimum absolute atomic E-state index is 0.0704. The summed E-state index contributed by atoms with van der Waals surface area (Å²) in [5.41, 5.74) is 0. The first kappa shape index (κ1) is 18.7. The van der Waals surface area contributed by atoms with Gasteiger partial charge in [0.05, 0.1) is 6.61 Å². The molecule has 6 N–H and O–H groups in total. The van der Waals surface area contributed by atoms with Crippen LogP contribution >= 0.6 is 0 Å². The summed E-state index contributed by atoms with van der Waals surface area (Å²) in [6, 6.07) is 11.4. The van der Waals surface area contributed by atoms with Crippen molar-refractivity contribution in [1.29, 1.82) is 0 Å². The van der Waals surface area contributed by atoms with Gasteiger partial charge in [-0.1, -0.05) is 18.2 Å². The number of rotatable bonds is 3. The van der Waals surface area contributed by atoms with Crippen LogP contribution in [0.4, 0.5) is 0 Å². The van der Waals surface area contributed by atoms with Gasteiger partial charge >= 0.3 is 0 Å². The van der Waals surface area contributed by atoms with Gasteiger partial charge in [0.25, 0.3) is 0 Å². The zero-order valence-electron chi connectivity index (χ0n) is 14.6. The van der Waals surface area contributed by atoms with Gasteiger partial charge in [-0.3, -0.25) is 0 Å². The number of aliphatic hydroxyl groups excluding tert-OH is 4. The van der Waals surface area contributed by atoms with E-state index >= 15 is 0 Å². The molecule has 3 aromatic carbocycles. The van der Waals surface area contributed by atoms with Crippen molar-refractivity contribution in [2.75, 3.05) is 6.61 Å². The van der Waals surface area contributed by atoms with E-state index in [9.17, 15) is 30.6 Å². The molecule has 0 amide bonds. The van der Waals surface area contributed by atoms with Gasteiger partial charge < -0.3 is 40.1 Å². The summed E-state index contributed by atoms with van der Waals surface area (Å²) < 4.78 is 10.9. The second-order valence-corrected chi connectivity index (χ2v) is 6.83. The Hall–Kier alpha value is -2.62. The molecule has 1 fully saturated rings. The Balaban J connectivity index is 1.71. The summed E-state index contributed by atoms with van der Waals surface area (Å²) in [6.07, 6.45) is -7.04. The average molecular weight is 388 g/mol. The van der Waals surface area contributed by atoms with Gasteiger partial charge in [-0.15, -0.1) is 0 Å². The van der Waals surface area contributed by atoms with Crippen molar-refractivity contribution in [3.63, 3.8) is 0 Å². The van der Waals surface area contributed by atoms with E-state index in [1.165, 1.54) is 6.07 Å². The summed E-state index contributed by atoms with van der Waals surface area (Å²) in [6.45, 7) is -0.566. The minimum atomic E-state index is -1.56. The largest absolute Gasteiger partial charge is 0.508 e. The van der Waals surface area contributed by atoms with Gasteiger partial charge in [-0.05, 0) is 34.4 Å². The van der Waals surface area contributed by atoms with Crippen molar-refractivity contribution < 1.29 is 40.1 Å². The Morgan fingerprint density at radius 2 is 1.57 bits per heavy atom. The predicted octanol–water partition coefficient (Wildman–Crippen LogP) is 0.583. The average Bonchev–Trinajstić information content (AvgIpc) is 2.67. The van der Waals surface area contributed by atoms with Gasteiger partial charge in [-0.2, -0.15) is 0 Å². The van der Waals surface area contributed by atoms with Crippen LogP contribution in [-0.2, 0) is 4.74 Å². The molecule has 8 nitrogen and oxygen atoms in total. The third-order valence-electron chi connectivity index (χ3n) is 4.97. The van der Waals surface area contributed by atoms with E-state index in [1.807, 2.05) is 6.07 Å². The van der Waals surface area contributed by atoms with Crippen LogP contribution in [-0.4, -0.2) is 68.0 Å². The molecule has 5 unspecified atom stereocenters. The van der Waals surface area contributed by atoms with Gasteiger partial charge in [0.15, 0.2) is 0 Å². The van der Waals surface area contributed by atoms with E-state index in [4.69, 9.17) is 9.47 Å². The Bertz CT molecular complexity index is 1020. The lowest BCUT2D eigenvalue weighted by molar-refractivity contribution is -0.277. The van der Waals surface area contributed by atoms with Crippen LogP contribution in [0.3, 0.4) is 0 Å². The van der Waals surface area contributed by atoms with Gasteiger partial charge in [0, 0.05) is 11.5 Å². The molecule has 1 heterocycles. The zero-order chi connectivity index (χ0) is 20.0. The molecule has 4 rings (SSSR count). The Morgan fingerprint density at radius 1 is 0.857 bits per heavy atom. The first-order chi connectivity index (χ1) is 13.4. The number of hydrogen-bond donors (Lipinski definition) is 6. The monoisotopic (exact) mass is 388 g/mol. The first-order valence-electron chi connectivity index (χ1n) is 8.74. The molecular weight excluding hydrogens is 368 g/mol. The highest BCUT2D eigenvalue weighted by molar-refractivity contribution is 6.11. The fraction of sp³-hybridized carbons (Fsp3) is 0.300. The number of aromatic hydroxyl groups is 2. The van der Waals surface area contributed by atoms with Crippen molar-refractivity contribution in [3.8, 4) is 17.2 Å². The van der Waals surface area contributed by atoms with Crippen molar-refractivity contribution in [2.45, 2.75) is 30.7 Å². The second-order valence-electron chi connectivity index (χ2n) is 6.83. The maximum atomic E-state index is 10.5. The van der Waals surface area contributed by atoms with Crippen LogP contribution in [0.15, 0.2) is 42.5 Å². The van der Waals surface area contributed by atoms with E-state index < -0.39 is 37.3 Å².